The summed E-state index contributed by atoms with van der Waals surface area (Å²) < 4.78 is 29.3. The third kappa shape index (κ3) is 2.75. The molecule has 1 aromatic carbocycles. The number of rotatable bonds is 2. The number of aromatic nitrogens is 3. The van der Waals surface area contributed by atoms with E-state index in [0.29, 0.717) is 11.3 Å². The van der Waals surface area contributed by atoms with E-state index in [0.717, 1.165) is 17.7 Å². The summed E-state index contributed by atoms with van der Waals surface area (Å²) in [4.78, 5) is 29.8. The molecular formula is C19H14F2N4O2. The van der Waals surface area contributed by atoms with Crippen LogP contribution < -0.4 is 10.9 Å². The first-order valence-corrected chi connectivity index (χ1v) is 8.10. The van der Waals surface area contributed by atoms with Crippen molar-refractivity contribution in [2.45, 2.75) is 6.92 Å². The third-order valence-corrected chi connectivity index (χ3v) is 4.36. The van der Waals surface area contributed by atoms with Crippen molar-refractivity contribution in [3.05, 3.63) is 75.8 Å². The summed E-state index contributed by atoms with van der Waals surface area (Å²) in [6.45, 7) is 1.86. The molecule has 0 aliphatic carbocycles. The van der Waals surface area contributed by atoms with E-state index in [1.165, 1.54) is 21.1 Å². The van der Waals surface area contributed by atoms with Gasteiger partial charge in [-0.1, -0.05) is 6.07 Å². The maximum Gasteiger partial charge on any atom is 0.272 e. The molecule has 6 nitrogen and oxygen atoms in total. The van der Waals surface area contributed by atoms with Crippen LogP contribution in [-0.2, 0) is 7.05 Å². The van der Waals surface area contributed by atoms with Crippen LogP contribution in [0.25, 0.3) is 16.7 Å². The average molecular weight is 368 g/mol. The van der Waals surface area contributed by atoms with Gasteiger partial charge in [-0.3, -0.25) is 14.0 Å². The van der Waals surface area contributed by atoms with Gasteiger partial charge in [-0.05, 0) is 36.8 Å². The van der Waals surface area contributed by atoms with E-state index in [2.05, 4.69) is 10.3 Å². The highest BCUT2D eigenvalue weighted by Gasteiger charge is 2.18. The fourth-order valence-corrected chi connectivity index (χ4v) is 2.96. The standard InChI is InChI=1S/C19H14F2N4O2/c1-10-3-6-16-23-17-12(19(27)25(16)9-10)8-15(24(17)2)18(26)22-11-4-5-13(20)14(21)7-11/h3-9H,1-2H3,(H,22,26). The monoisotopic (exact) mass is 368 g/mol. The Labute approximate surface area is 151 Å². The van der Waals surface area contributed by atoms with Crippen LogP contribution >= 0.6 is 0 Å². The van der Waals surface area contributed by atoms with E-state index >= 15 is 0 Å². The first-order chi connectivity index (χ1) is 12.8. The van der Waals surface area contributed by atoms with Gasteiger partial charge in [0.2, 0.25) is 0 Å². The Morgan fingerprint density at radius 1 is 1.11 bits per heavy atom. The van der Waals surface area contributed by atoms with Crippen LogP contribution in [0.3, 0.4) is 0 Å². The lowest BCUT2D eigenvalue weighted by Crippen LogP contribution is -2.16. The summed E-state index contributed by atoms with van der Waals surface area (Å²) in [7, 11) is 1.61. The fourth-order valence-electron chi connectivity index (χ4n) is 2.96. The minimum Gasteiger partial charge on any atom is -0.324 e. The quantitative estimate of drug-likeness (QED) is 0.591. The van der Waals surface area contributed by atoms with E-state index < -0.39 is 17.5 Å². The number of halogens is 2. The molecule has 3 aromatic heterocycles. The largest absolute Gasteiger partial charge is 0.324 e. The zero-order valence-corrected chi connectivity index (χ0v) is 14.5. The molecule has 0 radical (unpaired) electrons. The Kier molecular flexibility index (Phi) is 3.76. The van der Waals surface area contributed by atoms with Crippen molar-refractivity contribution in [1.82, 2.24) is 14.0 Å². The number of nitrogens with one attached hydrogen (secondary N) is 1. The maximum atomic E-state index is 13.3. The molecule has 0 atom stereocenters. The van der Waals surface area contributed by atoms with Crippen LogP contribution in [0.5, 0.6) is 0 Å². The Balaban J connectivity index is 1.82. The molecule has 4 aromatic rings. The second-order valence-corrected chi connectivity index (χ2v) is 6.26. The summed E-state index contributed by atoms with van der Waals surface area (Å²) in [5.74, 6) is -2.63. The minimum absolute atomic E-state index is 0.106. The first kappa shape index (κ1) is 16.9. The average Bonchev–Trinajstić information content (AvgIpc) is 2.96. The number of nitrogens with zero attached hydrogens (tertiary/aromatic N) is 3. The summed E-state index contributed by atoms with van der Waals surface area (Å²) in [5.41, 5.74) is 1.71. The van der Waals surface area contributed by atoms with Gasteiger partial charge in [-0.25, -0.2) is 13.8 Å². The van der Waals surface area contributed by atoms with Crippen LogP contribution in [0, 0.1) is 18.6 Å². The zero-order chi connectivity index (χ0) is 19.3. The summed E-state index contributed by atoms with van der Waals surface area (Å²) in [6.07, 6.45) is 1.68. The fraction of sp³-hybridized carbons (Fsp3) is 0.105. The molecule has 136 valence electrons. The number of carbonyl (C=O) groups is 1. The third-order valence-electron chi connectivity index (χ3n) is 4.36. The molecule has 27 heavy (non-hydrogen) atoms. The summed E-state index contributed by atoms with van der Waals surface area (Å²) >= 11 is 0. The maximum absolute atomic E-state index is 13.3. The van der Waals surface area contributed by atoms with Crippen molar-refractivity contribution < 1.29 is 13.6 Å². The minimum atomic E-state index is -1.06. The number of benzene rings is 1. The SMILES string of the molecule is Cc1ccc2nc3c(cc(C(=O)Nc4ccc(F)c(F)c4)n3C)c(=O)n2c1. The van der Waals surface area contributed by atoms with Crippen molar-refractivity contribution >= 4 is 28.3 Å². The molecule has 0 saturated heterocycles. The Morgan fingerprint density at radius 3 is 2.63 bits per heavy atom. The molecule has 0 spiro atoms. The molecule has 8 heteroatoms. The number of pyridine rings is 1. The van der Waals surface area contributed by atoms with Gasteiger partial charge >= 0.3 is 0 Å². The smallest absolute Gasteiger partial charge is 0.272 e. The number of carbonyl (C=O) groups excluding carboxylic acids is 1. The molecule has 0 aliphatic heterocycles. The van der Waals surface area contributed by atoms with Gasteiger partial charge in [0, 0.05) is 25.0 Å². The van der Waals surface area contributed by atoms with E-state index in [1.54, 1.807) is 19.3 Å². The Bertz CT molecular complexity index is 1290. The van der Waals surface area contributed by atoms with Gasteiger partial charge in [0.1, 0.15) is 17.0 Å². The molecule has 4 rings (SSSR count). The molecule has 0 unspecified atom stereocenters. The van der Waals surface area contributed by atoms with Crippen molar-refractivity contribution in [3.8, 4) is 0 Å². The molecule has 1 amide bonds. The van der Waals surface area contributed by atoms with Crippen LogP contribution in [0.4, 0.5) is 14.5 Å². The van der Waals surface area contributed by atoms with Crippen molar-refractivity contribution in [3.63, 3.8) is 0 Å². The van der Waals surface area contributed by atoms with Crippen molar-refractivity contribution in [1.29, 1.82) is 0 Å². The number of aryl methyl sites for hydroxylation is 2. The topological polar surface area (TPSA) is 68.4 Å². The zero-order valence-electron chi connectivity index (χ0n) is 14.5. The van der Waals surface area contributed by atoms with E-state index in [9.17, 15) is 18.4 Å². The van der Waals surface area contributed by atoms with E-state index in [1.807, 2.05) is 13.0 Å². The normalized spacial score (nSPS) is 11.3. The van der Waals surface area contributed by atoms with Gasteiger partial charge in [0.05, 0.1) is 5.39 Å². The highest BCUT2D eigenvalue weighted by molar-refractivity contribution is 6.06. The number of anilines is 1. The lowest BCUT2D eigenvalue weighted by atomic mass is 10.2. The molecule has 0 saturated carbocycles. The number of hydrogen-bond acceptors (Lipinski definition) is 3. The first-order valence-electron chi connectivity index (χ1n) is 8.10. The number of hydrogen-bond donors (Lipinski definition) is 1. The second-order valence-electron chi connectivity index (χ2n) is 6.26. The van der Waals surface area contributed by atoms with Crippen LogP contribution in [0.15, 0.2) is 47.4 Å². The van der Waals surface area contributed by atoms with Crippen LogP contribution in [-0.4, -0.2) is 19.9 Å². The predicted molar refractivity (Wildman–Crippen MR) is 97.0 cm³/mol. The predicted octanol–water partition coefficient (Wildman–Crippen LogP) is 3.03. The molecule has 0 fully saturated rings. The van der Waals surface area contributed by atoms with Crippen LogP contribution in [0.2, 0.25) is 0 Å². The second kappa shape index (κ2) is 6.01. The Morgan fingerprint density at radius 2 is 1.89 bits per heavy atom. The van der Waals surface area contributed by atoms with E-state index in [-0.39, 0.29) is 22.3 Å². The number of amides is 1. The summed E-state index contributed by atoms with van der Waals surface area (Å²) in [5, 5.41) is 2.78. The highest BCUT2D eigenvalue weighted by atomic mass is 19.2. The summed E-state index contributed by atoms with van der Waals surface area (Å²) in [6, 6.07) is 8.07. The van der Waals surface area contributed by atoms with Gasteiger partial charge < -0.3 is 9.88 Å². The highest BCUT2D eigenvalue weighted by Crippen LogP contribution is 2.18. The lowest BCUT2D eigenvalue weighted by molar-refractivity contribution is 0.101. The Hall–Kier alpha value is -3.55. The van der Waals surface area contributed by atoms with Gasteiger partial charge in [0.25, 0.3) is 11.5 Å². The van der Waals surface area contributed by atoms with Crippen molar-refractivity contribution in [2.75, 3.05) is 5.32 Å². The molecule has 3 heterocycles. The van der Waals surface area contributed by atoms with Gasteiger partial charge in [0.15, 0.2) is 11.6 Å². The van der Waals surface area contributed by atoms with Crippen molar-refractivity contribution in [2.24, 2.45) is 7.05 Å². The lowest BCUT2D eigenvalue weighted by Gasteiger charge is -2.07. The molecular weight excluding hydrogens is 354 g/mol. The molecule has 1 N–H and O–H groups in total. The van der Waals surface area contributed by atoms with Crippen LogP contribution in [0.1, 0.15) is 16.1 Å². The van der Waals surface area contributed by atoms with E-state index in [4.69, 9.17) is 0 Å². The molecule has 0 bridgehead atoms. The molecule has 0 aliphatic rings. The van der Waals surface area contributed by atoms with Gasteiger partial charge in [-0.2, -0.15) is 0 Å². The number of fused-ring (bicyclic) bond motifs is 2. The van der Waals surface area contributed by atoms with Gasteiger partial charge in [-0.15, -0.1) is 0 Å².